The minimum Gasteiger partial charge on any atom is -0.495 e. The molecule has 0 fully saturated rings. The zero-order chi connectivity index (χ0) is 27.2. The number of nitrogens with zero attached hydrogens (tertiary/aromatic N) is 5. The summed E-state index contributed by atoms with van der Waals surface area (Å²) in [6.07, 6.45) is 3.86. The van der Waals surface area contributed by atoms with Crippen molar-refractivity contribution in [2.75, 3.05) is 18.6 Å². The number of nitriles is 1. The minimum atomic E-state index is -0.0179. The van der Waals surface area contributed by atoms with E-state index in [0.29, 0.717) is 11.1 Å². The summed E-state index contributed by atoms with van der Waals surface area (Å²) in [6.45, 7) is 3.97. The van der Waals surface area contributed by atoms with Gasteiger partial charge in [0, 0.05) is 23.1 Å². The average Bonchev–Trinajstić information content (AvgIpc) is 2.93. The predicted octanol–water partition coefficient (Wildman–Crippen LogP) is 4.44. The SMILES string of the molecule is CCc1cc2cccc(-c3cnc(C)c(OC)c3)c2c(=O)n1-c1ccccc1.N#Cc1cnc(N)nc1N. The number of ether oxygens (including phenoxy) is 1. The standard InChI is InChI=1S/C24H22N2O2.C5H5N5/c1-4-19-13-17-9-8-12-21(18-14-22(28-3)16(2)25-15-18)23(17)24(27)26(19)20-10-6-5-7-11-20;6-1-3-2-9-5(8)10-4(3)7/h5-15H,4H2,1-3H3;2H,(H4,7,8,9,10). The second-order valence-corrected chi connectivity index (χ2v) is 8.39. The van der Waals surface area contributed by atoms with E-state index in [-0.39, 0.29) is 22.9 Å². The fraction of sp³-hybridized carbons (Fsp3) is 0.138. The zero-order valence-corrected chi connectivity index (χ0v) is 21.3. The van der Waals surface area contributed by atoms with Crippen molar-refractivity contribution in [3.8, 4) is 28.6 Å². The first-order valence-corrected chi connectivity index (χ1v) is 11.9. The number of rotatable bonds is 4. The van der Waals surface area contributed by atoms with Crippen molar-refractivity contribution in [1.82, 2.24) is 19.5 Å². The largest absolute Gasteiger partial charge is 0.495 e. The van der Waals surface area contributed by atoms with Gasteiger partial charge in [0.2, 0.25) is 5.95 Å². The van der Waals surface area contributed by atoms with Gasteiger partial charge in [0.15, 0.2) is 0 Å². The normalized spacial score (nSPS) is 10.4. The summed E-state index contributed by atoms with van der Waals surface area (Å²) < 4.78 is 7.24. The van der Waals surface area contributed by atoms with Crippen LogP contribution in [0.4, 0.5) is 11.8 Å². The van der Waals surface area contributed by atoms with Gasteiger partial charge in [0.25, 0.3) is 5.56 Å². The molecule has 9 heteroatoms. The molecule has 0 bridgehead atoms. The summed E-state index contributed by atoms with van der Waals surface area (Å²) in [6, 6.07) is 21.6. The molecule has 0 amide bonds. The van der Waals surface area contributed by atoms with Crippen molar-refractivity contribution in [3.63, 3.8) is 0 Å². The van der Waals surface area contributed by atoms with Crippen molar-refractivity contribution in [2.24, 2.45) is 0 Å². The van der Waals surface area contributed by atoms with E-state index >= 15 is 0 Å². The van der Waals surface area contributed by atoms with Crippen LogP contribution in [0.3, 0.4) is 0 Å². The van der Waals surface area contributed by atoms with Crippen LogP contribution in [0, 0.1) is 18.3 Å². The summed E-state index contributed by atoms with van der Waals surface area (Å²) in [4.78, 5) is 25.2. The Morgan fingerprint density at radius 1 is 1.03 bits per heavy atom. The molecule has 0 atom stereocenters. The number of methoxy groups -OCH3 is 1. The summed E-state index contributed by atoms with van der Waals surface area (Å²) >= 11 is 0. The fourth-order valence-electron chi connectivity index (χ4n) is 4.14. The molecule has 0 radical (unpaired) electrons. The van der Waals surface area contributed by atoms with Gasteiger partial charge in [-0.05, 0) is 48.6 Å². The minimum absolute atomic E-state index is 0.0179. The Bertz CT molecular complexity index is 1710. The van der Waals surface area contributed by atoms with E-state index in [1.54, 1.807) is 13.3 Å². The molecule has 0 aliphatic carbocycles. The molecular formula is C29H27N7O2. The van der Waals surface area contributed by atoms with Crippen LogP contribution in [0.25, 0.3) is 27.6 Å². The van der Waals surface area contributed by atoms with Gasteiger partial charge in [0.05, 0.1) is 24.4 Å². The van der Waals surface area contributed by atoms with E-state index in [0.717, 1.165) is 40.0 Å². The molecule has 9 nitrogen and oxygen atoms in total. The second kappa shape index (κ2) is 11.2. The molecule has 5 aromatic rings. The number of nitrogen functional groups attached to an aromatic ring is 2. The Hall–Kier alpha value is -5.23. The number of hydrogen-bond acceptors (Lipinski definition) is 8. The molecule has 3 aromatic heterocycles. The molecule has 2 aromatic carbocycles. The Kier molecular flexibility index (Phi) is 7.63. The van der Waals surface area contributed by atoms with E-state index in [1.807, 2.05) is 72.2 Å². The van der Waals surface area contributed by atoms with Crippen LogP contribution in [-0.2, 0) is 6.42 Å². The van der Waals surface area contributed by atoms with Gasteiger partial charge >= 0.3 is 0 Å². The monoisotopic (exact) mass is 505 g/mol. The fourth-order valence-corrected chi connectivity index (χ4v) is 4.14. The van der Waals surface area contributed by atoms with Gasteiger partial charge < -0.3 is 16.2 Å². The van der Waals surface area contributed by atoms with Gasteiger partial charge in [0.1, 0.15) is 23.2 Å². The number of hydrogen-bond donors (Lipinski definition) is 2. The first-order valence-electron chi connectivity index (χ1n) is 11.9. The molecule has 0 saturated carbocycles. The smallest absolute Gasteiger partial charge is 0.263 e. The first-order chi connectivity index (χ1) is 18.4. The molecule has 0 unspecified atom stereocenters. The molecule has 38 heavy (non-hydrogen) atoms. The lowest BCUT2D eigenvalue weighted by molar-refractivity contribution is 0.409. The summed E-state index contributed by atoms with van der Waals surface area (Å²) in [5, 5.41) is 9.99. The quantitative estimate of drug-likeness (QED) is 0.364. The maximum atomic E-state index is 13.6. The number of anilines is 2. The van der Waals surface area contributed by atoms with Gasteiger partial charge in [-0.15, -0.1) is 0 Å². The van der Waals surface area contributed by atoms with Crippen molar-refractivity contribution in [1.29, 1.82) is 5.26 Å². The molecule has 5 rings (SSSR count). The molecule has 3 heterocycles. The molecule has 0 aliphatic heterocycles. The zero-order valence-electron chi connectivity index (χ0n) is 21.3. The first kappa shape index (κ1) is 25.9. The van der Waals surface area contributed by atoms with Crippen molar-refractivity contribution < 1.29 is 4.74 Å². The van der Waals surface area contributed by atoms with Crippen LogP contribution >= 0.6 is 0 Å². The summed E-state index contributed by atoms with van der Waals surface area (Å²) in [5.41, 5.74) is 15.1. The molecule has 0 spiro atoms. The Labute approximate surface area is 220 Å². The molecule has 0 aliphatic rings. The van der Waals surface area contributed by atoms with Gasteiger partial charge in [-0.3, -0.25) is 14.3 Å². The highest BCUT2D eigenvalue weighted by molar-refractivity contribution is 5.96. The number of fused-ring (bicyclic) bond motifs is 1. The molecule has 0 saturated heterocycles. The van der Waals surface area contributed by atoms with Crippen LogP contribution in [-0.4, -0.2) is 26.6 Å². The number of pyridine rings is 2. The lowest BCUT2D eigenvalue weighted by Gasteiger charge is -2.16. The Morgan fingerprint density at radius 3 is 2.45 bits per heavy atom. The maximum Gasteiger partial charge on any atom is 0.263 e. The van der Waals surface area contributed by atoms with Gasteiger partial charge in [-0.2, -0.15) is 10.2 Å². The predicted molar refractivity (Wildman–Crippen MR) is 149 cm³/mol. The Morgan fingerprint density at radius 2 is 1.79 bits per heavy atom. The summed E-state index contributed by atoms with van der Waals surface area (Å²) in [7, 11) is 1.63. The molecule has 4 N–H and O–H groups in total. The van der Waals surface area contributed by atoms with E-state index in [9.17, 15) is 4.79 Å². The molecular weight excluding hydrogens is 478 g/mol. The highest BCUT2D eigenvalue weighted by Crippen LogP contribution is 2.30. The number of benzene rings is 2. The van der Waals surface area contributed by atoms with Crippen molar-refractivity contribution in [3.05, 3.63) is 100 Å². The maximum absolute atomic E-state index is 13.6. The second-order valence-electron chi connectivity index (χ2n) is 8.39. The van der Waals surface area contributed by atoms with Crippen LogP contribution < -0.4 is 21.8 Å². The lowest BCUT2D eigenvalue weighted by Crippen LogP contribution is -2.22. The third-order valence-electron chi connectivity index (χ3n) is 6.03. The topological polar surface area (TPSA) is 146 Å². The third kappa shape index (κ3) is 5.15. The average molecular weight is 506 g/mol. The van der Waals surface area contributed by atoms with E-state index in [4.69, 9.17) is 21.5 Å². The van der Waals surface area contributed by atoms with Crippen molar-refractivity contribution in [2.45, 2.75) is 20.3 Å². The van der Waals surface area contributed by atoms with E-state index < -0.39 is 0 Å². The highest BCUT2D eigenvalue weighted by Gasteiger charge is 2.15. The third-order valence-corrected chi connectivity index (χ3v) is 6.03. The van der Waals surface area contributed by atoms with E-state index in [2.05, 4.69) is 27.9 Å². The number of para-hydroxylation sites is 1. The van der Waals surface area contributed by atoms with Gasteiger partial charge in [-0.1, -0.05) is 43.3 Å². The summed E-state index contributed by atoms with van der Waals surface area (Å²) in [5.74, 6) is 0.912. The number of nitrogens with two attached hydrogens (primary N) is 2. The van der Waals surface area contributed by atoms with Gasteiger partial charge in [-0.25, -0.2) is 4.98 Å². The van der Waals surface area contributed by atoms with Crippen molar-refractivity contribution >= 4 is 22.5 Å². The van der Waals surface area contributed by atoms with E-state index in [1.165, 1.54) is 6.20 Å². The lowest BCUT2D eigenvalue weighted by atomic mass is 9.99. The number of aryl methyl sites for hydroxylation is 2. The van der Waals surface area contributed by atoms with Crippen LogP contribution in [0.5, 0.6) is 5.75 Å². The van der Waals surface area contributed by atoms with Crippen LogP contribution in [0.15, 0.2) is 77.9 Å². The Balaban J connectivity index is 0.000000283. The van der Waals surface area contributed by atoms with Crippen LogP contribution in [0.1, 0.15) is 23.9 Å². The molecule has 190 valence electrons. The highest BCUT2D eigenvalue weighted by atomic mass is 16.5. The number of aromatic nitrogens is 4. The van der Waals surface area contributed by atoms with Crippen LogP contribution in [0.2, 0.25) is 0 Å².